The zero-order chi connectivity index (χ0) is 31.3. The van der Waals surface area contributed by atoms with E-state index in [-0.39, 0.29) is 24.1 Å². The molecule has 2 aromatic carbocycles. The fraction of sp³-hybridized carbons (Fsp3) is 0.412. The molecule has 234 valence electrons. The second kappa shape index (κ2) is 13.5. The van der Waals surface area contributed by atoms with Gasteiger partial charge in [-0.25, -0.2) is 9.67 Å². The third-order valence-corrected chi connectivity index (χ3v) is 8.65. The van der Waals surface area contributed by atoms with Gasteiger partial charge in [-0.2, -0.15) is 5.10 Å². The molecular weight excluding hydrogens is 570 g/mol. The second-order valence-electron chi connectivity index (χ2n) is 11.8. The van der Waals surface area contributed by atoms with Crippen molar-refractivity contribution in [3.05, 3.63) is 89.2 Å². The van der Waals surface area contributed by atoms with Crippen LogP contribution >= 0.6 is 0 Å². The van der Waals surface area contributed by atoms with Gasteiger partial charge in [-0.3, -0.25) is 14.4 Å². The van der Waals surface area contributed by atoms with Gasteiger partial charge in [0.15, 0.2) is 0 Å². The van der Waals surface area contributed by atoms with E-state index in [0.717, 1.165) is 24.0 Å². The minimum absolute atomic E-state index is 0.0657. The monoisotopic (exact) mass is 609 g/mol. The minimum atomic E-state index is -0.546. The zero-order valence-electron chi connectivity index (χ0n) is 25.8. The molecule has 1 fully saturated rings. The Kier molecular flexibility index (Phi) is 9.04. The second-order valence-corrected chi connectivity index (χ2v) is 11.8. The number of rotatable bonds is 4. The molecule has 1 saturated heterocycles. The number of aryl methyl sites for hydroxylation is 2. The number of hydrogen-bond acceptors (Lipinski definition) is 7. The van der Waals surface area contributed by atoms with Crippen molar-refractivity contribution in [2.24, 2.45) is 0 Å². The van der Waals surface area contributed by atoms with Crippen LogP contribution in [0, 0.1) is 13.8 Å². The van der Waals surface area contributed by atoms with Crippen LogP contribution in [0.1, 0.15) is 71.5 Å². The Labute approximate surface area is 262 Å². The van der Waals surface area contributed by atoms with E-state index in [4.69, 9.17) is 14.6 Å². The third kappa shape index (κ3) is 6.67. The summed E-state index contributed by atoms with van der Waals surface area (Å²) in [5.74, 6) is 1.19. The van der Waals surface area contributed by atoms with E-state index in [1.807, 2.05) is 67.6 Å². The van der Waals surface area contributed by atoms with Crippen LogP contribution in [0.2, 0.25) is 0 Å². The summed E-state index contributed by atoms with van der Waals surface area (Å²) in [6.07, 6.45) is 3.55. The normalized spacial score (nSPS) is 19.8. The molecule has 11 heteroatoms. The number of fused-ring (bicyclic) bond motifs is 2. The maximum Gasteiger partial charge on any atom is 0.259 e. The van der Waals surface area contributed by atoms with Gasteiger partial charge in [0.05, 0.1) is 12.6 Å². The van der Waals surface area contributed by atoms with Gasteiger partial charge in [-0.05, 0) is 51.5 Å². The zero-order valence-corrected chi connectivity index (χ0v) is 25.8. The molecule has 6 rings (SSSR count). The number of nitrogens with zero attached hydrogens (tertiary/aromatic N) is 6. The molecule has 2 aliphatic heterocycles. The lowest BCUT2D eigenvalue weighted by Gasteiger charge is -2.36. The SMILES string of the molecule is Cc1nc2n(n1)CCN(C(=O)c1c(-c3ccccc3)noc1C)CCCC(=O)N1CCCC[C@H]1C(=O)N[C@@H]2Cc1ccccc1. The molecule has 1 N–H and O–H groups in total. The summed E-state index contributed by atoms with van der Waals surface area (Å²) < 4.78 is 7.32. The summed E-state index contributed by atoms with van der Waals surface area (Å²) in [6, 6.07) is 18.4. The molecule has 2 aliphatic rings. The number of benzene rings is 2. The van der Waals surface area contributed by atoms with Crippen molar-refractivity contribution in [1.82, 2.24) is 35.0 Å². The Bertz CT molecular complexity index is 1650. The van der Waals surface area contributed by atoms with Crippen molar-refractivity contribution in [2.75, 3.05) is 19.6 Å². The lowest BCUT2D eigenvalue weighted by molar-refractivity contribution is -0.142. The quantitative estimate of drug-likeness (QED) is 0.366. The number of hydrogen-bond donors (Lipinski definition) is 1. The van der Waals surface area contributed by atoms with Crippen molar-refractivity contribution in [1.29, 1.82) is 0 Å². The number of nitrogens with one attached hydrogen (secondary N) is 1. The molecule has 3 amide bonds. The molecular formula is C34H39N7O4. The summed E-state index contributed by atoms with van der Waals surface area (Å²) in [4.78, 5) is 49.8. The predicted molar refractivity (Wildman–Crippen MR) is 167 cm³/mol. The Morgan fingerprint density at radius 3 is 2.47 bits per heavy atom. The Balaban J connectivity index is 1.36. The topological polar surface area (TPSA) is 126 Å². The molecule has 4 heterocycles. The molecule has 4 aromatic rings. The lowest BCUT2D eigenvalue weighted by Crippen LogP contribution is -2.53. The maximum atomic E-state index is 14.2. The Hall–Kier alpha value is -4.80. The van der Waals surface area contributed by atoms with Crippen molar-refractivity contribution >= 4 is 17.7 Å². The first-order chi connectivity index (χ1) is 21.9. The van der Waals surface area contributed by atoms with E-state index in [1.165, 1.54) is 0 Å². The van der Waals surface area contributed by atoms with Gasteiger partial charge in [-0.1, -0.05) is 65.8 Å². The predicted octanol–water partition coefficient (Wildman–Crippen LogP) is 4.27. The average molecular weight is 610 g/mol. The lowest BCUT2D eigenvalue weighted by atomic mass is 9.99. The first-order valence-corrected chi connectivity index (χ1v) is 15.7. The van der Waals surface area contributed by atoms with E-state index in [1.54, 1.807) is 21.4 Å². The molecule has 0 spiro atoms. The summed E-state index contributed by atoms with van der Waals surface area (Å²) in [5, 5.41) is 12.2. The minimum Gasteiger partial charge on any atom is -0.360 e. The third-order valence-electron chi connectivity index (χ3n) is 8.65. The van der Waals surface area contributed by atoms with Gasteiger partial charge in [0, 0.05) is 31.6 Å². The summed E-state index contributed by atoms with van der Waals surface area (Å²) in [6.45, 7) is 5.14. The van der Waals surface area contributed by atoms with Gasteiger partial charge in [0.1, 0.15) is 34.7 Å². The van der Waals surface area contributed by atoms with Crippen molar-refractivity contribution in [3.63, 3.8) is 0 Å². The largest absolute Gasteiger partial charge is 0.360 e. The van der Waals surface area contributed by atoms with E-state index in [9.17, 15) is 14.4 Å². The van der Waals surface area contributed by atoms with Gasteiger partial charge < -0.3 is 19.6 Å². The number of aromatic nitrogens is 4. The van der Waals surface area contributed by atoms with Crippen LogP contribution < -0.4 is 5.32 Å². The van der Waals surface area contributed by atoms with Crippen molar-refractivity contribution in [3.8, 4) is 11.3 Å². The van der Waals surface area contributed by atoms with Gasteiger partial charge in [0.25, 0.3) is 5.91 Å². The van der Waals surface area contributed by atoms with Crippen molar-refractivity contribution < 1.29 is 18.9 Å². The fourth-order valence-corrected chi connectivity index (χ4v) is 6.39. The van der Waals surface area contributed by atoms with Crippen LogP contribution in [0.5, 0.6) is 0 Å². The van der Waals surface area contributed by atoms with Crippen LogP contribution in [-0.4, -0.2) is 73.1 Å². The highest BCUT2D eigenvalue weighted by Crippen LogP contribution is 2.28. The number of amides is 3. The fourth-order valence-electron chi connectivity index (χ4n) is 6.39. The van der Waals surface area contributed by atoms with Crippen LogP contribution in [0.3, 0.4) is 0 Å². The molecule has 0 bridgehead atoms. The average Bonchev–Trinajstić information content (AvgIpc) is 3.64. The van der Waals surface area contributed by atoms with Gasteiger partial charge in [0.2, 0.25) is 11.8 Å². The molecule has 2 atom stereocenters. The number of carbonyl (C=O) groups is 3. The highest BCUT2D eigenvalue weighted by atomic mass is 16.5. The standard InChI is InChI=1S/C34H39N7O4/c1-23-30(31(38-45-23)26-14-7-4-8-15-26)34(44)39-18-11-17-29(42)40-19-10-9-16-28(40)33(43)36-27(22-25-12-5-3-6-13-25)32-35-24(2)37-41(32)21-20-39/h3-8,12-15,27-28H,9-11,16-22H2,1-2H3,(H,36,43)/t27-,28+/m1/s1. The van der Waals surface area contributed by atoms with Crippen LogP contribution in [0.25, 0.3) is 11.3 Å². The first-order valence-electron chi connectivity index (χ1n) is 15.7. The number of carbonyl (C=O) groups excluding carboxylic acids is 3. The maximum absolute atomic E-state index is 14.2. The van der Waals surface area contributed by atoms with E-state index < -0.39 is 12.1 Å². The van der Waals surface area contributed by atoms with Gasteiger partial charge >= 0.3 is 0 Å². The van der Waals surface area contributed by atoms with E-state index in [0.29, 0.717) is 74.1 Å². The Morgan fingerprint density at radius 1 is 0.933 bits per heavy atom. The number of piperidine rings is 1. The summed E-state index contributed by atoms with van der Waals surface area (Å²) in [5.41, 5.74) is 2.74. The molecule has 2 aromatic heterocycles. The van der Waals surface area contributed by atoms with E-state index in [2.05, 4.69) is 10.5 Å². The van der Waals surface area contributed by atoms with E-state index >= 15 is 0 Å². The first kappa shape index (κ1) is 30.2. The summed E-state index contributed by atoms with van der Waals surface area (Å²) in [7, 11) is 0. The highest BCUT2D eigenvalue weighted by Gasteiger charge is 2.35. The summed E-state index contributed by atoms with van der Waals surface area (Å²) >= 11 is 0. The molecule has 0 saturated carbocycles. The van der Waals surface area contributed by atoms with Crippen LogP contribution in [-0.2, 0) is 22.6 Å². The molecule has 0 aliphatic carbocycles. The van der Waals surface area contributed by atoms with Crippen molar-refractivity contribution in [2.45, 2.75) is 71.0 Å². The molecule has 11 nitrogen and oxygen atoms in total. The highest BCUT2D eigenvalue weighted by molar-refractivity contribution is 6.00. The molecule has 0 radical (unpaired) electrons. The Morgan fingerprint density at radius 2 is 1.69 bits per heavy atom. The molecule has 45 heavy (non-hydrogen) atoms. The molecule has 0 unspecified atom stereocenters. The smallest absolute Gasteiger partial charge is 0.259 e. The van der Waals surface area contributed by atoms with Gasteiger partial charge in [-0.15, -0.1) is 0 Å². The van der Waals surface area contributed by atoms with Crippen LogP contribution in [0.15, 0.2) is 65.2 Å². The van der Waals surface area contributed by atoms with Crippen LogP contribution in [0.4, 0.5) is 0 Å².